The van der Waals surface area contributed by atoms with E-state index < -0.39 is 126 Å². The summed E-state index contributed by atoms with van der Waals surface area (Å²) in [5.74, 6) is -4.70. The Morgan fingerprint density at radius 1 is 0.358 bits per heavy atom. The number of unbranched alkanes of at least 4 members (excludes halogenated alkanes) is 4. The van der Waals surface area contributed by atoms with Gasteiger partial charge in [0.05, 0.1) is 125 Å². The van der Waals surface area contributed by atoms with Gasteiger partial charge in [0, 0.05) is 20.2 Å². The van der Waals surface area contributed by atoms with E-state index in [1.165, 1.54) is 9.80 Å². The van der Waals surface area contributed by atoms with E-state index in [0.29, 0.717) is 32.1 Å². The number of halogens is 6. The Kier molecular flexibility index (Phi) is 29.5. The molecule has 376 valence electrons. The van der Waals surface area contributed by atoms with Crippen molar-refractivity contribution in [2.24, 2.45) is 0 Å². The van der Waals surface area contributed by atoms with Crippen molar-refractivity contribution >= 4 is 182 Å². The Morgan fingerprint density at radius 2 is 0.567 bits per heavy atom. The molecule has 0 radical (unpaired) electrons. The number of carbonyl (C=O) groups is 6. The molecule has 0 heterocycles. The van der Waals surface area contributed by atoms with Gasteiger partial charge in [-0.2, -0.15) is 0 Å². The Labute approximate surface area is 467 Å². The highest BCUT2D eigenvalue weighted by atomic mass is 127. The van der Waals surface area contributed by atoms with E-state index in [0.717, 1.165) is 0 Å². The first kappa shape index (κ1) is 62.4. The molecule has 14 N–H and O–H groups in total. The maximum Gasteiger partial charge on any atom is 0.253 e. The van der Waals surface area contributed by atoms with Gasteiger partial charge in [0.25, 0.3) is 35.4 Å². The zero-order valence-corrected chi connectivity index (χ0v) is 48.4. The molecular weight excluding hydrogens is 1570 g/mol. The third kappa shape index (κ3) is 16.6. The predicted octanol–water partition coefficient (Wildman–Crippen LogP) is -1.05. The van der Waals surface area contributed by atoms with Crippen LogP contribution in [0.25, 0.3) is 0 Å². The topological polar surface area (TPSA) is 359 Å². The molecule has 0 aliphatic rings. The number of hydrogen-bond acceptors (Lipinski definition) is 16. The van der Waals surface area contributed by atoms with Crippen molar-refractivity contribution < 1.29 is 79.8 Å². The number of rotatable bonds is 28. The van der Waals surface area contributed by atoms with Crippen molar-refractivity contribution in [3.05, 3.63) is 43.7 Å². The van der Waals surface area contributed by atoms with Crippen LogP contribution >= 0.6 is 136 Å². The van der Waals surface area contributed by atoms with Gasteiger partial charge in [-0.3, -0.25) is 28.8 Å². The van der Waals surface area contributed by atoms with E-state index in [4.69, 9.17) is 0 Å². The lowest BCUT2D eigenvalue weighted by Gasteiger charge is -2.29. The van der Waals surface area contributed by atoms with Crippen LogP contribution in [-0.2, 0) is 9.59 Å². The standard InChI is InChI=1S/C39H52I6N6O16/c40-28-24(36(64)46-18(8-52)9-53)30(42)34(31(43)25(28)37(65)47-19(10-54)11-55)50(22(62)16-60)6-4-2-1-3-5-7-51(23(63)17-61)35-32(44)26(38(66)48-20(12-56)13-57)29(41)27(33(35)45)39(67)49-21(14-58)15-59/h18-21,52-61H,1-17H2,(H,46,64)(H,47,65)(H,48,66)(H,49,67). The van der Waals surface area contributed by atoms with E-state index in [-0.39, 0.29) is 68.1 Å². The van der Waals surface area contributed by atoms with Crippen molar-refractivity contribution in [1.29, 1.82) is 0 Å². The van der Waals surface area contributed by atoms with Gasteiger partial charge in [-0.25, -0.2) is 0 Å². The quantitative estimate of drug-likeness (QED) is 0.0357. The number of nitrogens with zero attached hydrogens (tertiary/aromatic N) is 2. The molecule has 0 aliphatic carbocycles. The lowest BCUT2D eigenvalue weighted by Crippen LogP contribution is -2.43. The minimum Gasteiger partial charge on any atom is -0.394 e. The molecule has 0 saturated heterocycles. The second-order valence-corrected chi connectivity index (χ2v) is 20.9. The van der Waals surface area contributed by atoms with Crippen molar-refractivity contribution in [1.82, 2.24) is 21.3 Å². The smallest absolute Gasteiger partial charge is 0.253 e. The fourth-order valence-electron chi connectivity index (χ4n) is 6.16. The molecule has 0 aromatic heterocycles. The van der Waals surface area contributed by atoms with Crippen LogP contribution in [0.1, 0.15) is 73.5 Å². The van der Waals surface area contributed by atoms with Crippen LogP contribution in [0.5, 0.6) is 0 Å². The Hall–Kier alpha value is -0.760. The second-order valence-electron chi connectivity index (χ2n) is 14.4. The number of anilines is 2. The van der Waals surface area contributed by atoms with Gasteiger partial charge in [-0.15, -0.1) is 0 Å². The highest BCUT2D eigenvalue weighted by Crippen LogP contribution is 2.40. The van der Waals surface area contributed by atoms with Gasteiger partial charge >= 0.3 is 0 Å². The van der Waals surface area contributed by atoms with Gasteiger partial charge in [0.1, 0.15) is 13.2 Å². The van der Waals surface area contributed by atoms with Gasteiger partial charge in [0.15, 0.2) is 0 Å². The van der Waals surface area contributed by atoms with E-state index in [2.05, 4.69) is 21.3 Å². The summed E-state index contributed by atoms with van der Waals surface area (Å²) in [6.45, 7) is -6.79. The zero-order valence-electron chi connectivity index (χ0n) is 35.4. The first-order valence-electron chi connectivity index (χ1n) is 20.2. The molecule has 67 heavy (non-hydrogen) atoms. The molecule has 0 saturated carbocycles. The lowest BCUT2D eigenvalue weighted by molar-refractivity contribution is -0.122. The summed E-state index contributed by atoms with van der Waals surface area (Å²) >= 11 is 10.9. The Bertz CT molecular complexity index is 1810. The Morgan fingerprint density at radius 3 is 0.761 bits per heavy atom. The number of hydrogen-bond donors (Lipinski definition) is 14. The number of aliphatic hydroxyl groups excluding tert-OH is 10. The molecule has 0 fully saturated rings. The van der Waals surface area contributed by atoms with Crippen LogP contribution in [0.3, 0.4) is 0 Å². The first-order valence-corrected chi connectivity index (χ1v) is 26.6. The second kappa shape index (κ2) is 31.6. The van der Waals surface area contributed by atoms with E-state index in [9.17, 15) is 79.8 Å². The number of benzene rings is 2. The number of amides is 6. The summed E-state index contributed by atoms with van der Waals surface area (Å²) in [6, 6.07) is -4.26. The maximum absolute atomic E-state index is 13.7. The minimum atomic E-state index is -1.07. The van der Waals surface area contributed by atoms with Crippen molar-refractivity contribution in [3.8, 4) is 0 Å². The largest absolute Gasteiger partial charge is 0.394 e. The normalized spacial score (nSPS) is 11.4. The van der Waals surface area contributed by atoms with E-state index >= 15 is 0 Å². The Balaban J connectivity index is 2.51. The predicted molar refractivity (Wildman–Crippen MR) is 293 cm³/mol. The SMILES string of the molecule is O=C(NC(CO)CO)c1c(I)c(C(=O)NC(CO)CO)c(I)c(N(CCCCCCCN(C(=O)CO)c2c(I)c(C(=O)NC(CO)CO)c(I)c(C(=O)NC(CO)CO)c2I)C(=O)CO)c1I. The molecular formula is C39H52I6N6O16. The fourth-order valence-corrected chi connectivity index (χ4v) is 15.6. The summed E-state index contributed by atoms with van der Waals surface area (Å²) in [6.07, 6.45) is 2.14. The molecule has 2 rings (SSSR count). The van der Waals surface area contributed by atoms with E-state index in [1.54, 1.807) is 45.2 Å². The summed E-state index contributed by atoms with van der Waals surface area (Å²) in [7, 11) is 0. The van der Waals surface area contributed by atoms with Crippen LogP contribution in [0.2, 0.25) is 0 Å². The van der Waals surface area contributed by atoms with Crippen molar-refractivity contribution in [3.63, 3.8) is 0 Å². The third-order valence-electron chi connectivity index (χ3n) is 9.78. The number of carbonyl (C=O) groups excluding carboxylic acids is 6. The number of nitrogens with one attached hydrogen (secondary N) is 4. The van der Waals surface area contributed by atoms with Crippen LogP contribution in [-0.4, -0.2) is 190 Å². The molecule has 6 amide bonds. The summed E-state index contributed by atoms with van der Waals surface area (Å²) in [5, 5.41) is 107. The molecule has 0 spiro atoms. The molecule has 0 bridgehead atoms. The van der Waals surface area contributed by atoms with Crippen LogP contribution in [0.4, 0.5) is 11.4 Å². The average molecular weight is 1620 g/mol. The van der Waals surface area contributed by atoms with Gasteiger partial charge in [-0.1, -0.05) is 19.3 Å². The first-order chi connectivity index (χ1) is 31.8. The molecule has 2 aromatic carbocycles. The minimum absolute atomic E-state index is 0.00932. The monoisotopic (exact) mass is 1620 g/mol. The zero-order chi connectivity index (χ0) is 50.7. The van der Waals surface area contributed by atoms with Crippen molar-refractivity contribution in [2.45, 2.75) is 56.3 Å². The molecule has 2 aromatic rings. The number of aliphatic hydroxyl groups is 10. The molecule has 0 aliphatic heterocycles. The molecule has 0 unspecified atom stereocenters. The van der Waals surface area contributed by atoms with Gasteiger partial charge < -0.3 is 82.1 Å². The summed E-state index contributed by atoms with van der Waals surface area (Å²) in [4.78, 5) is 84.0. The highest BCUT2D eigenvalue weighted by Gasteiger charge is 2.35. The highest BCUT2D eigenvalue weighted by molar-refractivity contribution is 14.1. The summed E-state index contributed by atoms with van der Waals surface area (Å²) < 4.78 is 1.07. The molecule has 28 heteroatoms. The summed E-state index contributed by atoms with van der Waals surface area (Å²) in [5.41, 5.74) is -0.0864. The third-order valence-corrected chi connectivity index (χ3v) is 16.1. The van der Waals surface area contributed by atoms with Crippen LogP contribution in [0.15, 0.2) is 0 Å². The van der Waals surface area contributed by atoms with Gasteiger partial charge in [-0.05, 0) is 148 Å². The van der Waals surface area contributed by atoms with E-state index in [1.807, 2.05) is 90.4 Å². The fraction of sp³-hybridized carbons (Fsp3) is 0.538. The maximum atomic E-state index is 13.7. The average Bonchev–Trinajstić information content (AvgIpc) is 3.30. The molecule has 22 nitrogen and oxygen atoms in total. The van der Waals surface area contributed by atoms with Crippen molar-refractivity contribution in [2.75, 3.05) is 89.0 Å². The molecule has 0 atom stereocenters. The van der Waals surface area contributed by atoms with Crippen LogP contribution in [0, 0.1) is 21.4 Å². The van der Waals surface area contributed by atoms with Gasteiger partial charge in [0.2, 0.25) is 0 Å². The van der Waals surface area contributed by atoms with Crippen LogP contribution < -0.4 is 31.1 Å². The lowest BCUT2D eigenvalue weighted by atomic mass is 10.0.